The number of hydrogen-bond donors (Lipinski definition) is 3. The van der Waals surface area contributed by atoms with E-state index >= 15 is 0 Å². The Morgan fingerprint density at radius 2 is 2.00 bits per heavy atom. The summed E-state index contributed by atoms with van der Waals surface area (Å²) in [6.45, 7) is 2.13. The number of nitrogens with one attached hydrogen (secondary N) is 1. The Labute approximate surface area is 119 Å². The molecule has 1 saturated carbocycles. The minimum Gasteiger partial charge on any atom is -0.481 e. The number of benzene rings is 1. The van der Waals surface area contributed by atoms with Crippen LogP contribution in [0.5, 0.6) is 0 Å². The SMILES string of the molecule is CCCc1ccc(C(O)C(CC(=O)O)NC2CC2)cc1. The van der Waals surface area contributed by atoms with E-state index in [9.17, 15) is 9.90 Å². The molecular weight excluding hydrogens is 254 g/mol. The molecule has 1 fully saturated rings. The zero-order valence-corrected chi connectivity index (χ0v) is 11.9. The number of carboxylic acids is 1. The van der Waals surface area contributed by atoms with Crippen molar-refractivity contribution < 1.29 is 15.0 Å². The molecule has 20 heavy (non-hydrogen) atoms. The summed E-state index contributed by atoms with van der Waals surface area (Å²) in [5, 5.41) is 22.6. The monoisotopic (exact) mass is 277 g/mol. The molecule has 0 bridgehead atoms. The van der Waals surface area contributed by atoms with Gasteiger partial charge in [-0.15, -0.1) is 0 Å². The highest BCUT2D eigenvalue weighted by molar-refractivity contribution is 5.67. The van der Waals surface area contributed by atoms with Crippen LogP contribution in [-0.4, -0.2) is 28.3 Å². The van der Waals surface area contributed by atoms with Crippen molar-refractivity contribution >= 4 is 5.97 Å². The highest BCUT2D eigenvalue weighted by Crippen LogP contribution is 2.25. The molecule has 4 nitrogen and oxygen atoms in total. The molecule has 0 radical (unpaired) electrons. The lowest BCUT2D eigenvalue weighted by molar-refractivity contribution is -0.138. The van der Waals surface area contributed by atoms with Gasteiger partial charge in [-0.05, 0) is 30.4 Å². The van der Waals surface area contributed by atoms with E-state index in [1.54, 1.807) is 0 Å². The molecule has 1 aromatic carbocycles. The van der Waals surface area contributed by atoms with Gasteiger partial charge in [0.25, 0.3) is 0 Å². The lowest BCUT2D eigenvalue weighted by Gasteiger charge is -2.23. The average Bonchev–Trinajstić information content (AvgIpc) is 3.22. The second kappa shape index (κ2) is 6.86. The van der Waals surface area contributed by atoms with Crippen LogP contribution in [0, 0.1) is 0 Å². The largest absolute Gasteiger partial charge is 0.481 e. The molecule has 1 aromatic rings. The Kier molecular flexibility index (Phi) is 5.15. The Bertz CT molecular complexity index is 440. The first-order valence-corrected chi connectivity index (χ1v) is 7.35. The number of aliphatic carboxylic acids is 1. The van der Waals surface area contributed by atoms with Crippen molar-refractivity contribution in [2.24, 2.45) is 0 Å². The smallest absolute Gasteiger partial charge is 0.305 e. The molecule has 2 rings (SSSR count). The lowest BCUT2D eigenvalue weighted by atomic mass is 9.97. The van der Waals surface area contributed by atoms with Crippen molar-refractivity contribution in [3.63, 3.8) is 0 Å². The summed E-state index contributed by atoms with van der Waals surface area (Å²) in [6, 6.07) is 7.78. The van der Waals surface area contributed by atoms with E-state index < -0.39 is 18.1 Å². The number of rotatable bonds is 8. The summed E-state index contributed by atoms with van der Waals surface area (Å²) < 4.78 is 0. The Morgan fingerprint density at radius 1 is 1.35 bits per heavy atom. The predicted octanol–water partition coefficient (Wildman–Crippen LogP) is 2.27. The van der Waals surface area contributed by atoms with Gasteiger partial charge in [-0.1, -0.05) is 37.6 Å². The zero-order valence-electron chi connectivity index (χ0n) is 11.9. The van der Waals surface area contributed by atoms with E-state index in [1.807, 2.05) is 24.3 Å². The van der Waals surface area contributed by atoms with Gasteiger partial charge in [-0.25, -0.2) is 0 Å². The van der Waals surface area contributed by atoms with Gasteiger partial charge in [0.2, 0.25) is 0 Å². The molecule has 0 aliphatic heterocycles. The van der Waals surface area contributed by atoms with Crippen LogP contribution < -0.4 is 5.32 Å². The van der Waals surface area contributed by atoms with Crippen LogP contribution in [0.1, 0.15) is 49.8 Å². The summed E-state index contributed by atoms with van der Waals surface area (Å²) >= 11 is 0. The maximum absolute atomic E-state index is 10.9. The second-order valence-electron chi connectivity index (χ2n) is 5.58. The van der Waals surface area contributed by atoms with E-state index in [4.69, 9.17) is 5.11 Å². The third-order valence-electron chi connectivity index (χ3n) is 3.66. The molecule has 0 aromatic heterocycles. The molecule has 0 spiro atoms. The van der Waals surface area contributed by atoms with Gasteiger partial charge in [0, 0.05) is 12.1 Å². The van der Waals surface area contributed by atoms with Crippen LogP contribution in [0.3, 0.4) is 0 Å². The van der Waals surface area contributed by atoms with Gasteiger partial charge in [0.15, 0.2) is 0 Å². The summed E-state index contributed by atoms with van der Waals surface area (Å²) in [6.07, 6.45) is 3.41. The average molecular weight is 277 g/mol. The zero-order chi connectivity index (χ0) is 14.5. The number of carbonyl (C=O) groups is 1. The number of aliphatic hydroxyl groups excluding tert-OH is 1. The van der Waals surface area contributed by atoms with Crippen molar-refractivity contribution in [2.45, 2.75) is 57.2 Å². The van der Waals surface area contributed by atoms with Crippen molar-refractivity contribution in [1.29, 1.82) is 0 Å². The molecule has 4 heteroatoms. The summed E-state index contributed by atoms with van der Waals surface area (Å²) in [7, 11) is 0. The van der Waals surface area contributed by atoms with Gasteiger partial charge >= 0.3 is 5.97 Å². The van der Waals surface area contributed by atoms with Crippen LogP contribution in [0.25, 0.3) is 0 Å². The first kappa shape index (κ1) is 15.0. The van der Waals surface area contributed by atoms with Crippen LogP contribution in [0.2, 0.25) is 0 Å². The van der Waals surface area contributed by atoms with E-state index in [0.29, 0.717) is 6.04 Å². The van der Waals surface area contributed by atoms with Gasteiger partial charge in [0.1, 0.15) is 0 Å². The normalized spacial score (nSPS) is 17.7. The first-order chi connectivity index (χ1) is 9.60. The molecule has 0 saturated heterocycles. The van der Waals surface area contributed by atoms with Crippen molar-refractivity contribution in [3.8, 4) is 0 Å². The fourth-order valence-corrected chi connectivity index (χ4v) is 2.41. The van der Waals surface area contributed by atoms with Crippen molar-refractivity contribution in [3.05, 3.63) is 35.4 Å². The van der Waals surface area contributed by atoms with Crippen LogP contribution >= 0.6 is 0 Å². The molecule has 0 heterocycles. The molecule has 110 valence electrons. The van der Waals surface area contributed by atoms with Crippen LogP contribution in [-0.2, 0) is 11.2 Å². The van der Waals surface area contributed by atoms with Gasteiger partial charge in [0.05, 0.1) is 12.5 Å². The lowest BCUT2D eigenvalue weighted by Crippen LogP contribution is -2.38. The second-order valence-corrected chi connectivity index (χ2v) is 5.58. The number of aliphatic hydroxyl groups is 1. The van der Waals surface area contributed by atoms with Crippen molar-refractivity contribution in [1.82, 2.24) is 5.32 Å². The predicted molar refractivity (Wildman–Crippen MR) is 77.6 cm³/mol. The van der Waals surface area contributed by atoms with Crippen LogP contribution in [0.15, 0.2) is 24.3 Å². The highest BCUT2D eigenvalue weighted by Gasteiger charge is 2.30. The van der Waals surface area contributed by atoms with Gasteiger partial charge in [-0.2, -0.15) is 0 Å². The van der Waals surface area contributed by atoms with Crippen molar-refractivity contribution in [2.75, 3.05) is 0 Å². The molecule has 1 aliphatic rings. The fourth-order valence-electron chi connectivity index (χ4n) is 2.41. The summed E-state index contributed by atoms with van der Waals surface area (Å²) in [5.74, 6) is -0.884. The summed E-state index contributed by atoms with van der Waals surface area (Å²) in [5.41, 5.74) is 2.03. The Morgan fingerprint density at radius 3 is 2.50 bits per heavy atom. The fraction of sp³-hybridized carbons (Fsp3) is 0.562. The Balaban J connectivity index is 2.04. The Hall–Kier alpha value is -1.39. The van der Waals surface area contributed by atoms with Gasteiger partial charge in [-0.3, -0.25) is 4.79 Å². The minimum absolute atomic E-state index is 0.0611. The molecular formula is C16H23NO3. The number of carboxylic acid groups (broad SMARTS) is 1. The first-order valence-electron chi connectivity index (χ1n) is 7.35. The maximum Gasteiger partial charge on any atom is 0.305 e. The van der Waals surface area contributed by atoms with E-state index in [0.717, 1.165) is 31.2 Å². The van der Waals surface area contributed by atoms with E-state index in [-0.39, 0.29) is 6.42 Å². The topological polar surface area (TPSA) is 69.6 Å². The molecule has 1 aliphatic carbocycles. The molecule has 0 amide bonds. The third-order valence-corrected chi connectivity index (χ3v) is 3.66. The maximum atomic E-state index is 10.9. The third kappa shape index (κ3) is 4.32. The van der Waals surface area contributed by atoms with Gasteiger partial charge < -0.3 is 15.5 Å². The molecule has 2 unspecified atom stereocenters. The highest BCUT2D eigenvalue weighted by atomic mass is 16.4. The number of hydrogen-bond acceptors (Lipinski definition) is 3. The standard InChI is InChI=1S/C16H23NO3/c1-2-3-11-4-6-12(7-5-11)16(20)14(10-15(18)19)17-13-8-9-13/h4-7,13-14,16-17,20H,2-3,8-10H2,1H3,(H,18,19). The van der Waals surface area contributed by atoms with E-state index in [2.05, 4.69) is 12.2 Å². The van der Waals surface area contributed by atoms with E-state index in [1.165, 1.54) is 5.56 Å². The molecule has 2 atom stereocenters. The minimum atomic E-state index is -0.884. The number of aryl methyl sites for hydroxylation is 1. The summed E-state index contributed by atoms with van der Waals surface area (Å²) in [4.78, 5) is 10.9. The quantitative estimate of drug-likeness (QED) is 0.682. The van der Waals surface area contributed by atoms with Crippen LogP contribution in [0.4, 0.5) is 0 Å². The molecule has 3 N–H and O–H groups in total.